The number of carbonyl (C=O) groups is 1. The van der Waals surface area contributed by atoms with Gasteiger partial charge in [0, 0.05) is 11.8 Å². The molecular weight excluding hydrogens is 351 g/mol. The van der Waals surface area contributed by atoms with Crippen LogP contribution in [0.15, 0.2) is 47.4 Å². The molecule has 0 fully saturated rings. The molecule has 0 unspecified atom stereocenters. The second-order valence-electron chi connectivity index (χ2n) is 5.35. The maximum absolute atomic E-state index is 12.9. The van der Waals surface area contributed by atoms with Crippen LogP contribution >= 0.6 is 0 Å². The summed E-state index contributed by atoms with van der Waals surface area (Å²) in [6.07, 6.45) is 0. The zero-order valence-electron chi connectivity index (χ0n) is 13.2. The zero-order valence-corrected chi connectivity index (χ0v) is 14.0. The highest BCUT2D eigenvalue weighted by Crippen LogP contribution is 2.34. The van der Waals surface area contributed by atoms with Crippen molar-refractivity contribution in [2.45, 2.75) is 17.9 Å². The Kier molecular flexibility index (Phi) is 4.60. The minimum Gasteiger partial charge on any atom is -0.454 e. The Hall–Kier alpha value is -2.65. The van der Waals surface area contributed by atoms with Gasteiger partial charge in [-0.05, 0) is 43.3 Å². The quantitative estimate of drug-likeness (QED) is 0.842. The average molecular weight is 366 g/mol. The van der Waals surface area contributed by atoms with Crippen LogP contribution in [0.2, 0.25) is 0 Å². The lowest BCUT2D eigenvalue weighted by atomic mass is 10.2. The highest BCUT2D eigenvalue weighted by atomic mass is 32.2. The van der Waals surface area contributed by atoms with Crippen molar-refractivity contribution in [3.63, 3.8) is 0 Å². The summed E-state index contributed by atoms with van der Waals surface area (Å²) in [5.74, 6) is -0.0301. The molecule has 0 spiro atoms. The Bertz CT molecular complexity index is 899. The number of nitrogens with one attached hydrogen (secondary N) is 2. The number of anilines is 1. The minimum absolute atomic E-state index is 0.112. The molecule has 0 radical (unpaired) electrons. The molecule has 1 heterocycles. The molecule has 1 aliphatic rings. The molecule has 2 aromatic rings. The van der Waals surface area contributed by atoms with E-state index in [-0.39, 0.29) is 11.7 Å². The van der Waals surface area contributed by atoms with E-state index in [0.717, 1.165) is 24.3 Å². The molecule has 3 rings (SSSR count). The van der Waals surface area contributed by atoms with E-state index in [9.17, 15) is 17.6 Å². The van der Waals surface area contributed by atoms with Crippen molar-refractivity contribution in [2.24, 2.45) is 0 Å². The van der Waals surface area contributed by atoms with Crippen LogP contribution in [-0.2, 0) is 14.8 Å². The highest BCUT2D eigenvalue weighted by Gasteiger charge is 2.23. The summed E-state index contributed by atoms with van der Waals surface area (Å²) in [7, 11) is -3.95. The van der Waals surface area contributed by atoms with E-state index in [4.69, 9.17) is 9.47 Å². The van der Waals surface area contributed by atoms with Gasteiger partial charge in [-0.3, -0.25) is 4.79 Å². The number of rotatable bonds is 5. The molecule has 0 aliphatic carbocycles. The third-order valence-corrected chi connectivity index (χ3v) is 5.05. The molecule has 132 valence electrons. The largest absolute Gasteiger partial charge is 0.454 e. The first-order valence-corrected chi connectivity index (χ1v) is 8.82. The van der Waals surface area contributed by atoms with Crippen molar-refractivity contribution in [3.05, 3.63) is 48.3 Å². The Labute approximate surface area is 143 Å². The van der Waals surface area contributed by atoms with E-state index in [2.05, 4.69) is 10.0 Å². The summed E-state index contributed by atoms with van der Waals surface area (Å²) in [5, 5.41) is 2.59. The van der Waals surface area contributed by atoms with Gasteiger partial charge in [-0.2, -0.15) is 4.72 Å². The van der Waals surface area contributed by atoms with E-state index < -0.39 is 27.8 Å². The Morgan fingerprint density at radius 2 is 1.80 bits per heavy atom. The lowest BCUT2D eigenvalue weighted by Gasteiger charge is -2.14. The number of halogens is 1. The fourth-order valence-electron chi connectivity index (χ4n) is 2.19. The highest BCUT2D eigenvalue weighted by molar-refractivity contribution is 7.89. The first kappa shape index (κ1) is 17.2. The van der Waals surface area contributed by atoms with Gasteiger partial charge in [0.25, 0.3) is 0 Å². The molecule has 1 aliphatic heterocycles. The minimum atomic E-state index is -3.95. The summed E-state index contributed by atoms with van der Waals surface area (Å²) in [4.78, 5) is 12.1. The zero-order chi connectivity index (χ0) is 18.0. The number of ether oxygens (including phenoxy) is 2. The third kappa shape index (κ3) is 3.89. The molecule has 2 N–H and O–H groups in total. The second-order valence-corrected chi connectivity index (χ2v) is 7.07. The number of hydrogen-bond donors (Lipinski definition) is 2. The molecule has 1 atom stereocenters. The molecule has 9 heteroatoms. The van der Waals surface area contributed by atoms with E-state index in [1.165, 1.54) is 6.92 Å². The van der Waals surface area contributed by atoms with Crippen LogP contribution in [0.4, 0.5) is 10.1 Å². The summed E-state index contributed by atoms with van der Waals surface area (Å²) in [6, 6.07) is 8.12. The first-order valence-electron chi connectivity index (χ1n) is 7.33. The Morgan fingerprint density at radius 1 is 1.12 bits per heavy atom. The van der Waals surface area contributed by atoms with Crippen molar-refractivity contribution in [3.8, 4) is 11.5 Å². The van der Waals surface area contributed by atoms with Crippen LogP contribution in [0.3, 0.4) is 0 Å². The van der Waals surface area contributed by atoms with Crippen molar-refractivity contribution >= 4 is 21.6 Å². The number of fused-ring (bicyclic) bond motifs is 1. The van der Waals surface area contributed by atoms with Crippen LogP contribution in [0.1, 0.15) is 6.92 Å². The molecule has 25 heavy (non-hydrogen) atoms. The van der Waals surface area contributed by atoms with Crippen molar-refractivity contribution in [2.75, 3.05) is 12.1 Å². The molecule has 7 nitrogen and oxygen atoms in total. The molecule has 0 bridgehead atoms. The van der Waals surface area contributed by atoms with E-state index in [0.29, 0.717) is 17.2 Å². The molecule has 0 aromatic heterocycles. The van der Waals surface area contributed by atoms with E-state index in [1.807, 2.05) is 0 Å². The number of carbonyl (C=O) groups excluding carboxylic acids is 1. The SMILES string of the molecule is C[C@H](NS(=O)(=O)c1ccc(F)cc1)C(=O)Nc1ccc2c(c1)OCO2. The van der Waals surface area contributed by atoms with Gasteiger partial charge in [0.2, 0.25) is 22.7 Å². The molecule has 0 saturated carbocycles. The van der Waals surface area contributed by atoms with Crippen LogP contribution in [0, 0.1) is 5.82 Å². The van der Waals surface area contributed by atoms with E-state index in [1.54, 1.807) is 18.2 Å². The summed E-state index contributed by atoms with van der Waals surface area (Å²) in [5.41, 5.74) is 0.446. The van der Waals surface area contributed by atoms with Gasteiger partial charge in [0.1, 0.15) is 5.82 Å². The van der Waals surface area contributed by atoms with Gasteiger partial charge in [-0.25, -0.2) is 12.8 Å². The fourth-order valence-corrected chi connectivity index (χ4v) is 3.40. The number of hydrogen-bond acceptors (Lipinski definition) is 5. The Morgan fingerprint density at radius 3 is 2.52 bits per heavy atom. The second kappa shape index (κ2) is 6.69. The molecule has 2 aromatic carbocycles. The van der Waals surface area contributed by atoms with Crippen molar-refractivity contribution < 1.29 is 27.1 Å². The summed E-state index contributed by atoms with van der Waals surface area (Å²) >= 11 is 0. The van der Waals surface area contributed by atoms with Crippen LogP contribution < -0.4 is 19.5 Å². The van der Waals surface area contributed by atoms with Gasteiger partial charge < -0.3 is 14.8 Å². The fraction of sp³-hybridized carbons (Fsp3) is 0.188. The van der Waals surface area contributed by atoms with Crippen molar-refractivity contribution in [1.82, 2.24) is 4.72 Å². The van der Waals surface area contributed by atoms with Crippen LogP contribution in [-0.4, -0.2) is 27.2 Å². The number of amides is 1. The maximum atomic E-state index is 12.9. The van der Waals surface area contributed by atoms with Crippen molar-refractivity contribution in [1.29, 1.82) is 0 Å². The lowest BCUT2D eigenvalue weighted by molar-refractivity contribution is -0.117. The standard InChI is InChI=1S/C16H15FN2O5S/c1-10(19-25(21,22)13-5-2-11(17)3-6-13)16(20)18-12-4-7-14-15(8-12)24-9-23-14/h2-8,10,19H,9H2,1H3,(H,18,20)/t10-/m0/s1. The average Bonchev–Trinajstić information content (AvgIpc) is 3.02. The predicted octanol–water partition coefficient (Wildman–Crippen LogP) is 1.86. The topological polar surface area (TPSA) is 93.7 Å². The van der Waals surface area contributed by atoms with Gasteiger partial charge in [-0.1, -0.05) is 0 Å². The lowest BCUT2D eigenvalue weighted by Crippen LogP contribution is -2.41. The van der Waals surface area contributed by atoms with E-state index >= 15 is 0 Å². The monoisotopic (exact) mass is 366 g/mol. The smallest absolute Gasteiger partial charge is 0.242 e. The normalized spacial score (nSPS) is 14.2. The molecule has 1 amide bonds. The first-order chi connectivity index (χ1) is 11.8. The van der Waals surface area contributed by atoms with Gasteiger partial charge >= 0.3 is 0 Å². The van der Waals surface area contributed by atoms with Gasteiger partial charge in [-0.15, -0.1) is 0 Å². The van der Waals surface area contributed by atoms with Gasteiger partial charge in [0.05, 0.1) is 10.9 Å². The third-order valence-electron chi connectivity index (χ3n) is 3.49. The summed E-state index contributed by atoms with van der Waals surface area (Å²) in [6.45, 7) is 1.52. The van der Waals surface area contributed by atoms with Crippen LogP contribution in [0.25, 0.3) is 0 Å². The van der Waals surface area contributed by atoms with Crippen LogP contribution in [0.5, 0.6) is 11.5 Å². The van der Waals surface area contributed by atoms with Gasteiger partial charge in [0.15, 0.2) is 11.5 Å². The maximum Gasteiger partial charge on any atom is 0.242 e. The molecular formula is C16H15FN2O5S. The number of benzene rings is 2. The Balaban J connectivity index is 1.67. The predicted molar refractivity (Wildman–Crippen MR) is 87.4 cm³/mol. The number of sulfonamides is 1. The summed E-state index contributed by atoms with van der Waals surface area (Å²) < 4.78 is 50.0. The molecule has 0 saturated heterocycles.